The van der Waals surface area contributed by atoms with E-state index < -0.39 is 7.26 Å². The van der Waals surface area contributed by atoms with E-state index >= 15 is 0 Å². The molecule has 32 heavy (non-hydrogen) atoms. The minimum Gasteiger partial charge on any atom is -1.00 e. The molecular weight excluding hydrogens is 483 g/mol. The molecular formula is C27H58BrO3P. The van der Waals surface area contributed by atoms with Crippen LogP contribution in [0.4, 0.5) is 0 Å². The van der Waals surface area contributed by atoms with Crippen LogP contribution in [0.5, 0.6) is 0 Å². The smallest absolute Gasteiger partial charge is 0.0616 e. The first-order chi connectivity index (χ1) is 15.2. The number of aliphatic hydroxyl groups is 3. The highest BCUT2D eigenvalue weighted by Crippen LogP contribution is 2.60. The molecule has 0 aliphatic carbocycles. The fourth-order valence-corrected chi connectivity index (χ4v) is 9.56. The molecule has 0 saturated carbocycles. The van der Waals surface area contributed by atoms with Gasteiger partial charge in [0.2, 0.25) is 0 Å². The van der Waals surface area contributed by atoms with Crippen molar-refractivity contribution in [1.82, 2.24) is 0 Å². The molecule has 0 aromatic heterocycles. The van der Waals surface area contributed by atoms with Crippen LogP contribution in [-0.4, -0.2) is 59.8 Å². The van der Waals surface area contributed by atoms with E-state index in [2.05, 4.69) is 6.92 Å². The van der Waals surface area contributed by atoms with Crippen molar-refractivity contribution in [3.05, 3.63) is 0 Å². The molecule has 0 aliphatic rings. The van der Waals surface area contributed by atoms with Gasteiger partial charge < -0.3 is 32.3 Å². The van der Waals surface area contributed by atoms with E-state index in [1.165, 1.54) is 109 Å². The molecule has 0 bridgehead atoms. The first-order valence-corrected chi connectivity index (χ1v) is 16.5. The van der Waals surface area contributed by atoms with Crippen LogP contribution >= 0.6 is 7.26 Å². The summed E-state index contributed by atoms with van der Waals surface area (Å²) in [6.07, 6.45) is 29.9. The molecule has 0 spiro atoms. The van der Waals surface area contributed by atoms with E-state index in [9.17, 15) is 15.3 Å². The Morgan fingerprint density at radius 2 is 0.625 bits per heavy atom. The van der Waals surface area contributed by atoms with Crippen LogP contribution in [0, 0.1) is 0 Å². The first kappa shape index (κ1) is 35.0. The van der Waals surface area contributed by atoms with E-state index in [-0.39, 0.29) is 36.8 Å². The number of rotatable bonds is 26. The molecule has 3 nitrogen and oxygen atoms in total. The average molecular weight is 542 g/mol. The molecule has 0 unspecified atom stereocenters. The Morgan fingerprint density at radius 1 is 0.375 bits per heavy atom. The normalized spacial score (nSPS) is 11.6. The van der Waals surface area contributed by atoms with Crippen molar-refractivity contribution < 1.29 is 32.3 Å². The monoisotopic (exact) mass is 540 g/mol. The van der Waals surface area contributed by atoms with E-state index in [0.29, 0.717) is 0 Å². The molecule has 0 amide bonds. The van der Waals surface area contributed by atoms with Crippen molar-refractivity contribution in [1.29, 1.82) is 0 Å². The predicted octanol–water partition coefficient (Wildman–Crippen LogP) is 4.42. The Balaban J connectivity index is 0. The summed E-state index contributed by atoms with van der Waals surface area (Å²) in [5, 5.41) is 27.9. The molecule has 0 saturated heterocycles. The summed E-state index contributed by atoms with van der Waals surface area (Å²) >= 11 is 0. The first-order valence-electron chi connectivity index (χ1n) is 13.9. The van der Waals surface area contributed by atoms with Gasteiger partial charge in [0.05, 0.1) is 24.6 Å². The Bertz CT molecular complexity index is 323. The molecule has 0 radical (unpaired) electrons. The highest BCUT2D eigenvalue weighted by molar-refractivity contribution is 7.75. The molecule has 196 valence electrons. The summed E-state index contributed by atoms with van der Waals surface area (Å²) in [4.78, 5) is 0. The van der Waals surface area contributed by atoms with Crippen molar-refractivity contribution in [2.75, 3.05) is 44.5 Å². The number of aliphatic hydroxyl groups excluding tert-OH is 3. The average Bonchev–Trinajstić information content (AvgIpc) is 2.79. The SMILES string of the molecule is CCCCCCCCCCCCCCCCCC[P+](CCCO)(CCCO)CCCO.[Br-]. The largest absolute Gasteiger partial charge is 1.00 e. The van der Waals surface area contributed by atoms with Crippen LogP contribution in [-0.2, 0) is 0 Å². The van der Waals surface area contributed by atoms with Gasteiger partial charge in [0.25, 0.3) is 0 Å². The van der Waals surface area contributed by atoms with Crippen molar-refractivity contribution in [3.8, 4) is 0 Å². The lowest BCUT2D eigenvalue weighted by Gasteiger charge is -2.27. The second kappa shape index (κ2) is 28.0. The lowest BCUT2D eigenvalue weighted by Crippen LogP contribution is -3.00. The highest BCUT2D eigenvalue weighted by atomic mass is 79.9. The van der Waals surface area contributed by atoms with Gasteiger partial charge >= 0.3 is 0 Å². The highest BCUT2D eigenvalue weighted by Gasteiger charge is 2.34. The van der Waals surface area contributed by atoms with Gasteiger partial charge in [-0.3, -0.25) is 0 Å². The minimum atomic E-state index is -1.11. The zero-order valence-corrected chi connectivity index (χ0v) is 24.0. The molecule has 0 aliphatic heterocycles. The third kappa shape index (κ3) is 22.6. The number of hydrogen-bond acceptors (Lipinski definition) is 3. The van der Waals surface area contributed by atoms with Crippen LogP contribution in [0.15, 0.2) is 0 Å². The third-order valence-electron chi connectivity index (χ3n) is 6.86. The van der Waals surface area contributed by atoms with Gasteiger partial charge in [-0.15, -0.1) is 0 Å². The van der Waals surface area contributed by atoms with Crippen molar-refractivity contribution in [2.45, 2.75) is 129 Å². The zero-order chi connectivity index (χ0) is 22.9. The van der Waals surface area contributed by atoms with Gasteiger partial charge in [0.1, 0.15) is 0 Å². The quantitative estimate of drug-likeness (QED) is 0.112. The summed E-state index contributed by atoms with van der Waals surface area (Å²) in [6.45, 7) is 3.12. The van der Waals surface area contributed by atoms with Crippen molar-refractivity contribution in [2.24, 2.45) is 0 Å². The van der Waals surface area contributed by atoms with Gasteiger partial charge in [-0.1, -0.05) is 96.8 Å². The molecule has 0 atom stereocenters. The maximum absolute atomic E-state index is 9.31. The minimum absolute atomic E-state index is 0. The van der Waals surface area contributed by atoms with Gasteiger partial charge in [0.15, 0.2) is 0 Å². The Kier molecular flexibility index (Phi) is 30.6. The number of unbranched alkanes of at least 4 members (excludes halogenated alkanes) is 15. The Labute approximate surface area is 212 Å². The van der Waals surface area contributed by atoms with Crippen LogP contribution in [0.3, 0.4) is 0 Å². The van der Waals surface area contributed by atoms with Gasteiger partial charge in [-0.05, 0) is 12.8 Å². The number of hydrogen-bond donors (Lipinski definition) is 3. The standard InChI is InChI=1S/C27H58O3P.BrH/c1-2-3-4-5-6-7-8-9-10-11-12-13-14-15-16-17-24-31(25-18-21-28,26-19-22-29)27-20-23-30;/h28-30H,2-27H2,1H3;1H/q+1;/p-1. The number of halogens is 1. The second-order valence-electron chi connectivity index (χ2n) is 9.77. The fraction of sp³-hybridized carbons (Fsp3) is 1.00. The molecule has 0 rings (SSSR count). The van der Waals surface area contributed by atoms with Crippen LogP contribution < -0.4 is 17.0 Å². The van der Waals surface area contributed by atoms with Gasteiger partial charge in [0, 0.05) is 46.3 Å². The predicted molar refractivity (Wildman–Crippen MR) is 141 cm³/mol. The molecule has 0 heterocycles. The second-order valence-corrected chi connectivity index (χ2v) is 14.2. The molecule has 0 aromatic carbocycles. The third-order valence-corrected chi connectivity index (χ3v) is 11.9. The Morgan fingerprint density at radius 3 is 0.906 bits per heavy atom. The Hall–Kier alpha value is 0.790. The molecule has 0 fully saturated rings. The molecule has 0 aromatic rings. The summed E-state index contributed by atoms with van der Waals surface area (Å²) in [6, 6.07) is 0. The fourth-order valence-electron chi connectivity index (χ4n) is 4.88. The topological polar surface area (TPSA) is 60.7 Å². The summed E-state index contributed by atoms with van der Waals surface area (Å²) in [5.41, 5.74) is 0. The molecule has 3 N–H and O–H groups in total. The lowest BCUT2D eigenvalue weighted by atomic mass is 10.0. The van der Waals surface area contributed by atoms with E-state index in [0.717, 1.165) is 37.7 Å². The molecule has 5 heteroatoms. The van der Waals surface area contributed by atoms with E-state index in [1.54, 1.807) is 0 Å². The lowest BCUT2D eigenvalue weighted by molar-refractivity contribution is -0.0000101. The summed E-state index contributed by atoms with van der Waals surface area (Å²) in [7, 11) is -1.11. The van der Waals surface area contributed by atoms with E-state index in [4.69, 9.17) is 0 Å². The maximum atomic E-state index is 9.31. The maximum Gasteiger partial charge on any atom is 0.0616 e. The van der Waals surface area contributed by atoms with Gasteiger partial charge in [-0.2, -0.15) is 0 Å². The summed E-state index contributed by atoms with van der Waals surface area (Å²) < 4.78 is 0. The van der Waals surface area contributed by atoms with Crippen molar-refractivity contribution >= 4 is 7.26 Å². The van der Waals surface area contributed by atoms with Crippen LogP contribution in [0.1, 0.15) is 129 Å². The van der Waals surface area contributed by atoms with E-state index in [1.807, 2.05) is 0 Å². The summed E-state index contributed by atoms with van der Waals surface area (Å²) in [5.74, 6) is 0. The van der Waals surface area contributed by atoms with Crippen LogP contribution in [0.2, 0.25) is 0 Å². The van der Waals surface area contributed by atoms with Gasteiger partial charge in [-0.25, -0.2) is 0 Å². The zero-order valence-electron chi connectivity index (χ0n) is 21.6. The van der Waals surface area contributed by atoms with Crippen LogP contribution in [0.25, 0.3) is 0 Å². The van der Waals surface area contributed by atoms with Crippen molar-refractivity contribution in [3.63, 3.8) is 0 Å².